The Labute approximate surface area is 194 Å². The first-order valence-corrected chi connectivity index (χ1v) is 11.6. The Morgan fingerprint density at radius 1 is 1.24 bits per heavy atom. The highest BCUT2D eigenvalue weighted by molar-refractivity contribution is 5.82. The summed E-state index contributed by atoms with van der Waals surface area (Å²) in [6.45, 7) is 9.38. The number of nitrogens with two attached hydrogens (primary N) is 1. The van der Waals surface area contributed by atoms with Gasteiger partial charge in [0.25, 0.3) is 5.56 Å². The molecule has 0 spiro atoms. The third kappa shape index (κ3) is 7.20. The van der Waals surface area contributed by atoms with Crippen LogP contribution in [0.15, 0.2) is 33.9 Å². The fourth-order valence-corrected chi connectivity index (χ4v) is 3.60. The first-order chi connectivity index (χ1) is 15.7. The summed E-state index contributed by atoms with van der Waals surface area (Å²) in [4.78, 5) is 43.9. The second-order valence-corrected chi connectivity index (χ2v) is 8.64. The number of H-pyrrole nitrogens is 1. The van der Waals surface area contributed by atoms with Gasteiger partial charge in [-0.05, 0) is 43.4 Å². The number of rotatable bonds is 12. The molecule has 2 aromatic rings. The van der Waals surface area contributed by atoms with E-state index in [2.05, 4.69) is 18.8 Å². The third-order valence-electron chi connectivity index (χ3n) is 5.56. The van der Waals surface area contributed by atoms with Crippen molar-refractivity contribution in [1.82, 2.24) is 14.5 Å². The molecule has 33 heavy (non-hydrogen) atoms. The van der Waals surface area contributed by atoms with E-state index in [0.717, 1.165) is 19.3 Å². The van der Waals surface area contributed by atoms with Crippen LogP contribution in [0.25, 0.3) is 0 Å². The van der Waals surface area contributed by atoms with Crippen molar-refractivity contribution in [2.75, 3.05) is 30.3 Å². The summed E-state index contributed by atoms with van der Waals surface area (Å²) in [7, 11) is 0. The number of unbranched alkanes of at least 4 members (excludes halogenated alkanes) is 1. The van der Waals surface area contributed by atoms with Gasteiger partial charge in [-0.1, -0.05) is 39.3 Å². The fraction of sp³-hybridized carbons (Fsp3) is 0.542. The number of nitrogen functional groups attached to an aromatic ring is 1. The zero-order valence-electron chi connectivity index (χ0n) is 20.1. The SMILES string of the molecule is CCCCn1c(N)c(N(CCC(C)C)CC(=O)N(CC)Cc2cccc(F)c2)c(=O)[nH]c1=O. The molecule has 0 bridgehead atoms. The number of halogens is 1. The molecule has 0 saturated heterocycles. The Morgan fingerprint density at radius 2 is 1.97 bits per heavy atom. The van der Waals surface area contributed by atoms with Crippen LogP contribution in [-0.4, -0.2) is 40.0 Å². The van der Waals surface area contributed by atoms with Crippen molar-refractivity contribution in [3.05, 3.63) is 56.5 Å². The van der Waals surface area contributed by atoms with Crippen LogP contribution in [-0.2, 0) is 17.9 Å². The van der Waals surface area contributed by atoms with E-state index in [-0.39, 0.29) is 36.3 Å². The molecule has 1 aromatic heterocycles. The minimum absolute atomic E-state index is 0.0712. The Kier molecular flexibility index (Phi) is 9.69. The van der Waals surface area contributed by atoms with Crippen LogP contribution >= 0.6 is 0 Å². The molecule has 1 heterocycles. The summed E-state index contributed by atoms with van der Waals surface area (Å²) in [6.07, 6.45) is 2.33. The van der Waals surface area contributed by atoms with Crippen LogP contribution in [0.3, 0.4) is 0 Å². The second kappa shape index (κ2) is 12.2. The van der Waals surface area contributed by atoms with E-state index >= 15 is 0 Å². The molecule has 182 valence electrons. The molecule has 0 atom stereocenters. The average molecular weight is 462 g/mol. The molecular formula is C24H36FN5O3. The number of benzene rings is 1. The summed E-state index contributed by atoms with van der Waals surface area (Å²) in [5.74, 6) is -0.163. The van der Waals surface area contributed by atoms with E-state index in [1.54, 1.807) is 21.9 Å². The van der Waals surface area contributed by atoms with Gasteiger partial charge in [0.2, 0.25) is 5.91 Å². The Hall–Kier alpha value is -3.10. The maximum absolute atomic E-state index is 13.6. The molecule has 0 aliphatic rings. The summed E-state index contributed by atoms with van der Waals surface area (Å²) < 4.78 is 14.9. The molecule has 0 fully saturated rings. The number of carbonyl (C=O) groups is 1. The molecule has 0 unspecified atom stereocenters. The van der Waals surface area contributed by atoms with Crippen molar-refractivity contribution in [2.45, 2.75) is 60.0 Å². The first-order valence-electron chi connectivity index (χ1n) is 11.6. The minimum atomic E-state index is -0.602. The number of likely N-dealkylation sites (N-methyl/N-ethyl adjacent to an activating group) is 1. The maximum Gasteiger partial charge on any atom is 0.330 e. The molecule has 0 radical (unpaired) electrons. The number of amides is 1. The number of anilines is 2. The van der Waals surface area contributed by atoms with Crippen LogP contribution in [0.5, 0.6) is 0 Å². The highest BCUT2D eigenvalue weighted by Crippen LogP contribution is 2.19. The quantitative estimate of drug-likeness (QED) is 0.506. The lowest BCUT2D eigenvalue weighted by Gasteiger charge is -2.29. The summed E-state index contributed by atoms with van der Waals surface area (Å²) in [5, 5.41) is 0. The molecule has 0 saturated carbocycles. The molecule has 0 aliphatic carbocycles. The van der Waals surface area contributed by atoms with E-state index < -0.39 is 11.2 Å². The largest absolute Gasteiger partial charge is 0.383 e. The molecule has 1 amide bonds. The number of nitrogens with zero attached hydrogens (tertiary/aromatic N) is 3. The number of carbonyl (C=O) groups excluding carboxylic acids is 1. The normalized spacial score (nSPS) is 11.1. The van der Waals surface area contributed by atoms with Gasteiger partial charge in [-0.2, -0.15) is 0 Å². The van der Waals surface area contributed by atoms with Gasteiger partial charge in [-0.3, -0.25) is 19.1 Å². The summed E-state index contributed by atoms with van der Waals surface area (Å²) >= 11 is 0. The zero-order valence-corrected chi connectivity index (χ0v) is 20.1. The monoisotopic (exact) mass is 461 g/mol. The zero-order chi connectivity index (χ0) is 24.5. The van der Waals surface area contributed by atoms with Crippen molar-refractivity contribution in [3.63, 3.8) is 0 Å². The van der Waals surface area contributed by atoms with Crippen LogP contribution in [0.4, 0.5) is 15.9 Å². The van der Waals surface area contributed by atoms with Crippen LogP contribution in [0.2, 0.25) is 0 Å². The Balaban J connectivity index is 2.37. The number of hydrogen-bond donors (Lipinski definition) is 2. The molecular weight excluding hydrogens is 425 g/mol. The maximum atomic E-state index is 13.6. The lowest BCUT2D eigenvalue weighted by Crippen LogP contribution is -2.44. The standard InChI is InChI=1S/C24H36FN5O3/c1-5-7-12-30-22(26)21(23(32)27-24(30)33)29(13-11-17(3)4)16-20(31)28(6-2)15-18-9-8-10-19(25)14-18/h8-10,14,17H,5-7,11-13,15-16,26H2,1-4H3,(H,27,32,33). The van der Waals surface area contributed by atoms with E-state index in [0.29, 0.717) is 31.1 Å². The van der Waals surface area contributed by atoms with Crippen LogP contribution in [0.1, 0.15) is 52.5 Å². The fourth-order valence-electron chi connectivity index (χ4n) is 3.60. The van der Waals surface area contributed by atoms with Gasteiger partial charge in [0, 0.05) is 26.2 Å². The predicted molar refractivity (Wildman–Crippen MR) is 130 cm³/mol. The Morgan fingerprint density at radius 3 is 2.58 bits per heavy atom. The predicted octanol–water partition coefficient (Wildman–Crippen LogP) is 2.96. The minimum Gasteiger partial charge on any atom is -0.383 e. The van der Waals surface area contributed by atoms with Gasteiger partial charge in [-0.25, -0.2) is 9.18 Å². The highest BCUT2D eigenvalue weighted by atomic mass is 19.1. The van der Waals surface area contributed by atoms with Crippen LogP contribution in [0, 0.1) is 11.7 Å². The van der Waals surface area contributed by atoms with Crippen molar-refractivity contribution < 1.29 is 9.18 Å². The third-order valence-corrected chi connectivity index (χ3v) is 5.56. The molecule has 3 N–H and O–H groups in total. The first kappa shape index (κ1) is 26.2. The number of hydrogen-bond acceptors (Lipinski definition) is 5. The lowest BCUT2D eigenvalue weighted by molar-refractivity contribution is -0.130. The van der Waals surface area contributed by atoms with Crippen molar-refractivity contribution in [3.8, 4) is 0 Å². The van der Waals surface area contributed by atoms with Gasteiger partial charge in [0.15, 0.2) is 0 Å². The lowest BCUT2D eigenvalue weighted by atomic mass is 10.1. The van der Waals surface area contributed by atoms with Crippen LogP contribution < -0.4 is 21.9 Å². The van der Waals surface area contributed by atoms with E-state index in [4.69, 9.17) is 5.73 Å². The highest BCUT2D eigenvalue weighted by Gasteiger charge is 2.23. The number of aromatic amines is 1. The smallest absolute Gasteiger partial charge is 0.330 e. The summed E-state index contributed by atoms with van der Waals surface area (Å²) in [6, 6.07) is 6.14. The van der Waals surface area contributed by atoms with E-state index in [1.165, 1.54) is 16.7 Å². The van der Waals surface area contributed by atoms with Gasteiger partial charge in [0.05, 0.1) is 6.54 Å². The Bertz CT molecular complexity index is 1050. The van der Waals surface area contributed by atoms with E-state index in [1.807, 2.05) is 13.8 Å². The molecule has 2 rings (SSSR count). The number of aromatic nitrogens is 2. The van der Waals surface area contributed by atoms with Crippen molar-refractivity contribution >= 4 is 17.4 Å². The van der Waals surface area contributed by atoms with E-state index in [9.17, 15) is 18.8 Å². The van der Waals surface area contributed by atoms with Gasteiger partial charge < -0.3 is 15.5 Å². The van der Waals surface area contributed by atoms with Gasteiger partial charge >= 0.3 is 5.69 Å². The van der Waals surface area contributed by atoms with Crippen molar-refractivity contribution in [1.29, 1.82) is 0 Å². The second-order valence-electron chi connectivity index (χ2n) is 8.64. The van der Waals surface area contributed by atoms with Gasteiger partial charge in [0.1, 0.15) is 17.3 Å². The molecule has 8 nitrogen and oxygen atoms in total. The average Bonchev–Trinajstić information content (AvgIpc) is 2.75. The van der Waals surface area contributed by atoms with Gasteiger partial charge in [-0.15, -0.1) is 0 Å². The topological polar surface area (TPSA) is 104 Å². The van der Waals surface area contributed by atoms with Crippen molar-refractivity contribution in [2.24, 2.45) is 5.92 Å². The molecule has 1 aromatic carbocycles. The summed E-state index contributed by atoms with van der Waals surface area (Å²) in [5.41, 5.74) is 5.97. The molecule has 0 aliphatic heterocycles. The molecule has 9 heteroatoms. The number of nitrogens with one attached hydrogen (secondary N) is 1.